The second-order valence-electron chi connectivity index (χ2n) is 6.36. The minimum atomic E-state index is 0.0312. The first-order chi connectivity index (χ1) is 11.6. The molecule has 0 saturated carbocycles. The Balaban J connectivity index is 1.54. The van der Waals surface area contributed by atoms with Gasteiger partial charge in [0.2, 0.25) is 5.91 Å². The molecule has 0 aromatic heterocycles. The van der Waals surface area contributed by atoms with Crippen molar-refractivity contribution >= 4 is 35.2 Å². The number of rotatable bonds is 2. The highest BCUT2D eigenvalue weighted by Gasteiger charge is 2.30. The van der Waals surface area contributed by atoms with Crippen molar-refractivity contribution in [3.05, 3.63) is 34.9 Å². The van der Waals surface area contributed by atoms with E-state index in [0.717, 1.165) is 43.9 Å². The summed E-state index contributed by atoms with van der Waals surface area (Å²) < 4.78 is 0. The van der Waals surface area contributed by atoms with Crippen molar-refractivity contribution in [1.82, 2.24) is 9.80 Å². The molecule has 0 atom stereocenters. The maximum absolute atomic E-state index is 12.7. The van der Waals surface area contributed by atoms with Crippen LogP contribution in [0.1, 0.15) is 29.6 Å². The second-order valence-corrected chi connectivity index (χ2v) is 8.03. The molecule has 0 unspecified atom stereocenters. The molecule has 1 aromatic carbocycles. The van der Waals surface area contributed by atoms with Crippen LogP contribution in [0.25, 0.3) is 0 Å². The van der Waals surface area contributed by atoms with Gasteiger partial charge in [-0.2, -0.15) is 11.8 Å². The molecule has 0 spiro atoms. The highest BCUT2D eigenvalue weighted by atomic mass is 35.5. The van der Waals surface area contributed by atoms with E-state index in [1.54, 1.807) is 24.3 Å². The van der Waals surface area contributed by atoms with Crippen LogP contribution in [0, 0.1) is 5.92 Å². The van der Waals surface area contributed by atoms with Gasteiger partial charge < -0.3 is 9.80 Å². The summed E-state index contributed by atoms with van der Waals surface area (Å²) in [5, 5.41) is 0.631. The number of carbonyl (C=O) groups is 2. The van der Waals surface area contributed by atoms with Gasteiger partial charge in [0, 0.05) is 48.4 Å². The van der Waals surface area contributed by atoms with Gasteiger partial charge in [0.15, 0.2) is 0 Å². The number of benzene rings is 1. The molecule has 0 bridgehead atoms. The van der Waals surface area contributed by atoms with E-state index in [9.17, 15) is 9.59 Å². The fourth-order valence-corrected chi connectivity index (χ4v) is 4.34. The van der Waals surface area contributed by atoms with E-state index in [1.165, 1.54) is 0 Å². The monoisotopic (exact) mass is 366 g/mol. The van der Waals surface area contributed by atoms with Crippen molar-refractivity contribution in [2.75, 3.05) is 37.7 Å². The molecule has 2 amide bonds. The highest BCUT2D eigenvalue weighted by Crippen LogP contribution is 2.23. The fraction of sp³-hybridized carbons (Fsp3) is 0.556. The van der Waals surface area contributed by atoms with Crippen LogP contribution in [0.15, 0.2) is 24.3 Å². The van der Waals surface area contributed by atoms with Gasteiger partial charge >= 0.3 is 0 Å². The van der Waals surface area contributed by atoms with Crippen molar-refractivity contribution in [3.8, 4) is 0 Å². The van der Waals surface area contributed by atoms with E-state index in [-0.39, 0.29) is 17.7 Å². The maximum Gasteiger partial charge on any atom is 0.253 e. The molecule has 1 aromatic rings. The Bertz CT molecular complexity index is 577. The van der Waals surface area contributed by atoms with Gasteiger partial charge in [0.25, 0.3) is 5.91 Å². The molecular weight excluding hydrogens is 344 g/mol. The van der Waals surface area contributed by atoms with Gasteiger partial charge in [-0.15, -0.1) is 0 Å². The molecule has 0 radical (unpaired) electrons. The van der Waals surface area contributed by atoms with Crippen LogP contribution >= 0.6 is 23.4 Å². The van der Waals surface area contributed by atoms with Gasteiger partial charge in [-0.1, -0.05) is 11.6 Å². The second kappa shape index (κ2) is 8.26. The van der Waals surface area contributed by atoms with Gasteiger partial charge in [0.05, 0.1) is 0 Å². The lowest BCUT2D eigenvalue weighted by atomic mass is 9.94. The summed E-state index contributed by atoms with van der Waals surface area (Å²) in [5.41, 5.74) is 0.661. The average Bonchev–Trinajstić information content (AvgIpc) is 2.91. The summed E-state index contributed by atoms with van der Waals surface area (Å²) in [6.45, 7) is 3.06. The van der Waals surface area contributed by atoms with Gasteiger partial charge in [-0.05, 0) is 49.3 Å². The molecular formula is C18H23ClN2O2S. The van der Waals surface area contributed by atoms with Crippen LogP contribution in [0.5, 0.6) is 0 Å². The summed E-state index contributed by atoms with van der Waals surface area (Å²) in [7, 11) is 0. The van der Waals surface area contributed by atoms with Crippen molar-refractivity contribution in [2.45, 2.75) is 19.3 Å². The minimum absolute atomic E-state index is 0.0312. The molecule has 4 nitrogen and oxygen atoms in total. The maximum atomic E-state index is 12.7. The van der Waals surface area contributed by atoms with Gasteiger partial charge in [-0.25, -0.2) is 0 Å². The Labute approximate surface area is 152 Å². The zero-order valence-corrected chi connectivity index (χ0v) is 15.3. The first-order valence-corrected chi connectivity index (χ1v) is 10.1. The molecule has 24 heavy (non-hydrogen) atoms. The number of carbonyl (C=O) groups excluding carboxylic acids is 2. The summed E-state index contributed by atoms with van der Waals surface area (Å²) in [5.74, 6) is 2.58. The third kappa shape index (κ3) is 4.25. The average molecular weight is 367 g/mol. The van der Waals surface area contributed by atoms with Crippen LogP contribution in [0.3, 0.4) is 0 Å². The number of likely N-dealkylation sites (tertiary alicyclic amines) is 1. The number of halogens is 1. The van der Waals surface area contributed by atoms with E-state index in [2.05, 4.69) is 0 Å². The zero-order valence-electron chi connectivity index (χ0n) is 13.7. The Hall–Kier alpha value is -1.20. The van der Waals surface area contributed by atoms with Crippen molar-refractivity contribution in [2.24, 2.45) is 5.92 Å². The van der Waals surface area contributed by atoms with Crippen LogP contribution in [0.4, 0.5) is 0 Å². The van der Waals surface area contributed by atoms with Crippen molar-refractivity contribution in [3.63, 3.8) is 0 Å². The number of thioether (sulfide) groups is 1. The molecule has 130 valence electrons. The standard InChI is InChI=1S/C18H23ClN2O2S/c19-16-4-2-14(3-5-16)17(22)21-9-6-15(7-10-21)18(23)20-8-1-12-24-13-11-20/h2-5,15H,1,6-13H2. The topological polar surface area (TPSA) is 40.6 Å². The van der Waals surface area contributed by atoms with E-state index in [4.69, 9.17) is 11.6 Å². The molecule has 0 N–H and O–H groups in total. The Morgan fingerprint density at radius 2 is 1.67 bits per heavy atom. The van der Waals surface area contributed by atoms with E-state index < -0.39 is 0 Å². The lowest BCUT2D eigenvalue weighted by Gasteiger charge is -2.34. The largest absolute Gasteiger partial charge is 0.342 e. The molecule has 2 aliphatic rings. The summed E-state index contributed by atoms with van der Waals surface area (Å²) in [4.78, 5) is 29.1. The highest BCUT2D eigenvalue weighted by molar-refractivity contribution is 7.99. The molecule has 0 aliphatic carbocycles. The van der Waals surface area contributed by atoms with E-state index in [0.29, 0.717) is 23.7 Å². The summed E-state index contributed by atoms with van der Waals surface area (Å²) in [6, 6.07) is 7.00. The number of nitrogens with zero attached hydrogens (tertiary/aromatic N) is 2. The lowest BCUT2D eigenvalue weighted by Crippen LogP contribution is -2.45. The number of hydrogen-bond donors (Lipinski definition) is 0. The molecule has 2 saturated heterocycles. The first kappa shape index (κ1) is 17.6. The molecule has 2 fully saturated rings. The predicted molar refractivity (Wildman–Crippen MR) is 98.6 cm³/mol. The molecule has 2 aliphatic heterocycles. The van der Waals surface area contributed by atoms with Crippen molar-refractivity contribution in [1.29, 1.82) is 0 Å². The molecule has 2 heterocycles. The van der Waals surface area contributed by atoms with Crippen LogP contribution in [-0.2, 0) is 4.79 Å². The van der Waals surface area contributed by atoms with Crippen molar-refractivity contribution < 1.29 is 9.59 Å². The minimum Gasteiger partial charge on any atom is -0.342 e. The van der Waals surface area contributed by atoms with Gasteiger partial charge in [0.1, 0.15) is 0 Å². The van der Waals surface area contributed by atoms with E-state index in [1.807, 2.05) is 21.6 Å². The fourth-order valence-electron chi connectivity index (χ4n) is 3.33. The first-order valence-electron chi connectivity index (χ1n) is 8.56. The van der Waals surface area contributed by atoms with Crippen LogP contribution in [0.2, 0.25) is 5.02 Å². The Morgan fingerprint density at radius 1 is 0.958 bits per heavy atom. The third-order valence-electron chi connectivity index (χ3n) is 4.76. The van der Waals surface area contributed by atoms with Crippen LogP contribution < -0.4 is 0 Å². The third-order valence-corrected chi connectivity index (χ3v) is 6.06. The normalized spacial score (nSPS) is 19.9. The lowest BCUT2D eigenvalue weighted by molar-refractivity contribution is -0.136. The molecule has 6 heteroatoms. The summed E-state index contributed by atoms with van der Waals surface area (Å²) >= 11 is 7.80. The Morgan fingerprint density at radius 3 is 2.38 bits per heavy atom. The summed E-state index contributed by atoms with van der Waals surface area (Å²) in [6.07, 6.45) is 2.62. The smallest absolute Gasteiger partial charge is 0.253 e. The quantitative estimate of drug-likeness (QED) is 0.807. The number of hydrogen-bond acceptors (Lipinski definition) is 3. The Kier molecular flexibility index (Phi) is 6.06. The molecule has 3 rings (SSSR count). The van der Waals surface area contributed by atoms with Crippen LogP contribution in [-0.4, -0.2) is 59.3 Å². The number of amides is 2. The predicted octanol–water partition coefficient (Wildman–Crippen LogP) is 3.16. The van der Waals surface area contributed by atoms with E-state index >= 15 is 0 Å². The zero-order chi connectivity index (χ0) is 16.9. The SMILES string of the molecule is O=C(c1ccc(Cl)cc1)N1CCC(C(=O)N2CCCSCC2)CC1. The number of piperidine rings is 1. The van der Waals surface area contributed by atoms with Gasteiger partial charge in [-0.3, -0.25) is 9.59 Å².